The molecule has 0 heterocycles. The molecule has 4 aliphatic carbocycles. The molecule has 0 saturated heterocycles. The maximum absolute atomic E-state index is 13.4. The molecule has 8 atom stereocenters. The van der Waals surface area contributed by atoms with Gasteiger partial charge in [-0.3, -0.25) is 19.2 Å². The Morgan fingerprint density at radius 2 is 1.80 bits per heavy atom. The molecule has 1 amide bonds. The first-order chi connectivity index (χ1) is 19.1. The molecule has 0 aromatic carbocycles. The molecule has 4 N–H and O–H groups in total. The Balaban J connectivity index is 1.36. The molecule has 0 radical (unpaired) electrons. The highest BCUT2D eigenvalue weighted by Gasteiger charge is 2.68. The summed E-state index contributed by atoms with van der Waals surface area (Å²) in [5.41, 5.74) is -1.81. The topological polar surface area (TPSA) is 167 Å². The number of Topliss-reactive ketones (excluding diaryl/α,β-unsaturated/α-hetero) is 1. The summed E-state index contributed by atoms with van der Waals surface area (Å²) >= 11 is 0. The van der Waals surface area contributed by atoms with Gasteiger partial charge in [0.25, 0.3) is 0 Å². The summed E-state index contributed by atoms with van der Waals surface area (Å²) in [6.07, 6.45) is 4.47. The monoisotopic (exact) mass is 575 g/mol. The van der Waals surface area contributed by atoms with Gasteiger partial charge in [0.2, 0.25) is 11.7 Å². The van der Waals surface area contributed by atoms with E-state index in [9.17, 15) is 39.3 Å². The fourth-order valence-corrected chi connectivity index (χ4v) is 8.66. The fraction of sp³-hybridized carbons (Fsp3) is 0.774. The first kappa shape index (κ1) is 31.3. The number of aliphatic carboxylic acids is 1. The second-order valence-electron chi connectivity index (χ2n) is 13.6. The van der Waals surface area contributed by atoms with E-state index in [1.54, 1.807) is 6.08 Å². The minimum Gasteiger partial charge on any atom is -0.480 e. The van der Waals surface area contributed by atoms with Gasteiger partial charge in [0.05, 0.1) is 12.5 Å². The molecule has 0 aromatic heterocycles. The van der Waals surface area contributed by atoms with Crippen molar-refractivity contribution < 1.29 is 44.0 Å². The SMILES string of the molecule is CC(C)C[C@H](NC(=O)CCC(=O)OCC(=O)[C@@]1(O)CC[C@H]2[C@@H]3CCC4=CC(=O)CC[C@]4(C)[C@H]3[C@@H](O)C[C@@]21C)C(=O)O. The van der Waals surface area contributed by atoms with Crippen molar-refractivity contribution in [1.29, 1.82) is 0 Å². The van der Waals surface area contributed by atoms with Crippen LogP contribution in [0.2, 0.25) is 0 Å². The molecule has 4 aliphatic rings. The summed E-state index contributed by atoms with van der Waals surface area (Å²) in [7, 11) is 0. The van der Waals surface area contributed by atoms with Gasteiger partial charge in [-0.15, -0.1) is 0 Å². The van der Waals surface area contributed by atoms with Crippen molar-refractivity contribution in [3.63, 3.8) is 0 Å². The maximum atomic E-state index is 13.4. The zero-order chi connectivity index (χ0) is 30.3. The lowest BCUT2D eigenvalue weighted by molar-refractivity contribution is -0.184. The van der Waals surface area contributed by atoms with Crippen LogP contribution >= 0.6 is 0 Å². The quantitative estimate of drug-likeness (QED) is 0.286. The average molecular weight is 576 g/mol. The van der Waals surface area contributed by atoms with Crippen molar-refractivity contribution in [3.8, 4) is 0 Å². The average Bonchev–Trinajstić information content (AvgIpc) is 3.16. The lowest BCUT2D eigenvalue weighted by Crippen LogP contribution is -2.62. The number of carboxylic acids is 1. The zero-order valence-electron chi connectivity index (χ0n) is 24.6. The molecule has 228 valence electrons. The maximum Gasteiger partial charge on any atom is 0.326 e. The number of rotatable bonds is 10. The molecular formula is C31H45NO9. The van der Waals surface area contributed by atoms with Crippen molar-refractivity contribution in [2.75, 3.05) is 6.61 Å². The summed E-state index contributed by atoms with van der Waals surface area (Å²) in [5, 5.41) is 35.0. The van der Waals surface area contributed by atoms with Crippen LogP contribution in [0, 0.1) is 34.5 Å². The van der Waals surface area contributed by atoms with Gasteiger partial charge >= 0.3 is 11.9 Å². The highest BCUT2D eigenvalue weighted by Crippen LogP contribution is 2.67. The van der Waals surface area contributed by atoms with E-state index in [2.05, 4.69) is 12.2 Å². The minimum atomic E-state index is -1.76. The molecule has 4 rings (SSSR count). The first-order valence-corrected chi connectivity index (χ1v) is 15.0. The van der Waals surface area contributed by atoms with E-state index in [0.717, 1.165) is 18.4 Å². The van der Waals surface area contributed by atoms with E-state index >= 15 is 0 Å². The number of esters is 1. The van der Waals surface area contributed by atoms with Gasteiger partial charge < -0.3 is 25.4 Å². The molecular weight excluding hydrogens is 530 g/mol. The van der Waals surface area contributed by atoms with Crippen LogP contribution in [0.1, 0.15) is 91.9 Å². The highest BCUT2D eigenvalue weighted by molar-refractivity contribution is 5.92. The van der Waals surface area contributed by atoms with Crippen molar-refractivity contribution in [2.45, 2.75) is 110 Å². The van der Waals surface area contributed by atoms with Crippen LogP contribution in [-0.4, -0.2) is 69.1 Å². The molecule has 0 unspecified atom stereocenters. The number of carbonyl (C=O) groups excluding carboxylic acids is 4. The Morgan fingerprint density at radius 3 is 2.46 bits per heavy atom. The van der Waals surface area contributed by atoms with Gasteiger partial charge in [-0.25, -0.2) is 4.79 Å². The van der Waals surface area contributed by atoms with Crippen molar-refractivity contribution in [2.24, 2.45) is 34.5 Å². The number of nitrogens with one attached hydrogen (secondary N) is 1. The predicted octanol–water partition coefficient (Wildman–Crippen LogP) is 2.73. The van der Waals surface area contributed by atoms with E-state index in [4.69, 9.17) is 4.74 Å². The smallest absolute Gasteiger partial charge is 0.326 e. The zero-order valence-corrected chi connectivity index (χ0v) is 24.6. The van der Waals surface area contributed by atoms with Crippen LogP contribution in [0.4, 0.5) is 0 Å². The predicted molar refractivity (Wildman–Crippen MR) is 147 cm³/mol. The van der Waals surface area contributed by atoms with E-state index in [1.165, 1.54) is 0 Å². The second-order valence-corrected chi connectivity index (χ2v) is 13.6. The second kappa shape index (κ2) is 11.6. The molecule has 0 aliphatic heterocycles. The van der Waals surface area contributed by atoms with Crippen LogP contribution in [-0.2, 0) is 28.7 Å². The van der Waals surface area contributed by atoms with Crippen LogP contribution in [0.25, 0.3) is 0 Å². The third-order valence-corrected chi connectivity index (χ3v) is 10.8. The van der Waals surface area contributed by atoms with Crippen LogP contribution in [0.3, 0.4) is 0 Å². The lowest BCUT2D eigenvalue weighted by atomic mass is 9.45. The van der Waals surface area contributed by atoms with Crippen molar-refractivity contribution in [3.05, 3.63) is 11.6 Å². The number of fused-ring (bicyclic) bond motifs is 5. The Bertz CT molecular complexity index is 1130. The van der Waals surface area contributed by atoms with Crippen LogP contribution < -0.4 is 5.32 Å². The fourth-order valence-electron chi connectivity index (χ4n) is 8.66. The number of amides is 1. The Morgan fingerprint density at radius 1 is 1.10 bits per heavy atom. The third-order valence-electron chi connectivity index (χ3n) is 10.8. The van der Waals surface area contributed by atoms with E-state index in [-0.39, 0.29) is 67.0 Å². The molecule has 10 heteroatoms. The van der Waals surface area contributed by atoms with Crippen LogP contribution in [0.15, 0.2) is 11.6 Å². The van der Waals surface area contributed by atoms with Gasteiger partial charge in [-0.05, 0) is 80.1 Å². The number of ether oxygens (including phenoxy) is 1. The van der Waals surface area contributed by atoms with Gasteiger partial charge in [-0.2, -0.15) is 0 Å². The standard InChI is InChI=1S/C31H45NO9/c1-17(2)13-22(28(38)39)32-25(36)7-8-26(37)41-16-24(35)31(40)12-10-21-20-6-5-18-14-19(33)9-11-29(18,3)27(20)23(34)15-30(21,31)4/h14,17,20-23,27,34,40H,5-13,15-16H2,1-4H3,(H,32,36)(H,38,39)/t20-,21-,22-,23-,27+,29-,30-,31-/m0/s1. The highest BCUT2D eigenvalue weighted by atomic mass is 16.5. The van der Waals surface area contributed by atoms with E-state index < -0.39 is 53.4 Å². The number of carbonyl (C=O) groups is 5. The third kappa shape index (κ3) is 5.74. The number of aliphatic hydroxyl groups excluding tert-OH is 1. The number of ketones is 2. The summed E-state index contributed by atoms with van der Waals surface area (Å²) in [5.74, 6) is -2.89. The number of carboxylic acid groups (broad SMARTS) is 1. The number of aliphatic hydroxyl groups is 2. The number of hydrogen-bond acceptors (Lipinski definition) is 8. The molecule has 10 nitrogen and oxygen atoms in total. The van der Waals surface area contributed by atoms with E-state index in [0.29, 0.717) is 19.3 Å². The molecule has 0 bridgehead atoms. The van der Waals surface area contributed by atoms with Gasteiger partial charge in [0, 0.05) is 18.3 Å². The molecule has 3 saturated carbocycles. The molecule has 0 aromatic rings. The van der Waals surface area contributed by atoms with Crippen molar-refractivity contribution in [1.82, 2.24) is 5.32 Å². The normalized spacial score (nSPS) is 36.9. The van der Waals surface area contributed by atoms with Crippen molar-refractivity contribution >= 4 is 29.4 Å². The Kier molecular flexibility index (Phi) is 8.86. The summed E-state index contributed by atoms with van der Waals surface area (Å²) in [6, 6.07) is -1.05. The summed E-state index contributed by atoms with van der Waals surface area (Å²) in [4.78, 5) is 61.4. The van der Waals surface area contributed by atoms with Gasteiger partial charge in [-0.1, -0.05) is 33.3 Å². The molecule has 3 fully saturated rings. The minimum absolute atomic E-state index is 0.00766. The number of hydrogen-bond donors (Lipinski definition) is 4. The van der Waals surface area contributed by atoms with Gasteiger partial charge in [0.1, 0.15) is 11.6 Å². The molecule has 0 spiro atoms. The van der Waals surface area contributed by atoms with E-state index in [1.807, 2.05) is 20.8 Å². The Hall–Kier alpha value is -2.59. The first-order valence-electron chi connectivity index (χ1n) is 15.0. The lowest BCUT2D eigenvalue weighted by Gasteiger charge is -2.60. The largest absolute Gasteiger partial charge is 0.480 e. The molecule has 41 heavy (non-hydrogen) atoms. The number of allylic oxidation sites excluding steroid dienone is 1. The summed E-state index contributed by atoms with van der Waals surface area (Å²) in [6.45, 7) is 7.05. The van der Waals surface area contributed by atoms with Crippen LogP contribution in [0.5, 0.6) is 0 Å². The summed E-state index contributed by atoms with van der Waals surface area (Å²) < 4.78 is 5.16. The van der Waals surface area contributed by atoms with Gasteiger partial charge in [0.15, 0.2) is 12.4 Å². The Labute approximate surface area is 241 Å².